The summed E-state index contributed by atoms with van der Waals surface area (Å²) in [4.78, 5) is 36.7. The maximum absolute atomic E-state index is 12.9. The van der Waals surface area contributed by atoms with E-state index < -0.39 is 5.60 Å². The molecule has 10 heteroatoms. The Labute approximate surface area is 204 Å². The highest BCUT2D eigenvalue weighted by molar-refractivity contribution is 6.05. The number of hydrogen-bond donors (Lipinski definition) is 0. The van der Waals surface area contributed by atoms with Crippen LogP contribution in [0, 0.1) is 0 Å². The number of likely N-dealkylation sites (tertiary alicyclic amines) is 1. The highest BCUT2D eigenvalue weighted by atomic mass is 16.6. The molecule has 10 nitrogen and oxygen atoms in total. The third-order valence-electron chi connectivity index (χ3n) is 5.58. The van der Waals surface area contributed by atoms with Crippen molar-refractivity contribution in [3.8, 4) is 11.6 Å². The smallest absolute Gasteiger partial charge is 0.410 e. The van der Waals surface area contributed by atoms with Gasteiger partial charge in [0, 0.05) is 38.5 Å². The number of aromatic nitrogens is 4. The molecule has 184 valence electrons. The van der Waals surface area contributed by atoms with Crippen LogP contribution in [0.2, 0.25) is 0 Å². The van der Waals surface area contributed by atoms with Gasteiger partial charge in [-0.05, 0) is 57.2 Å². The van der Waals surface area contributed by atoms with Crippen LogP contribution in [0.3, 0.4) is 0 Å². The second kappa shape index (κ2) is 10.1. The largest absolute Gasteiger partial charge is 0.490 e. The number of anilines is 1. The summed E-state index contributed by atoms with van der Waals surface area (Å²) in [6.07, 6.45) is 5.78. The van der Waals surface area contributed by atoms with Crippen molar-refractivity contribution in [3.05, 3.63) is 60.8 Å². The number of carbonyl (C=O) groups is 2. The molecule has 1 saturated heterocycles. The van der Waals surface area contributed by atoms with Gasteiger partial charge in [-0.1, -0.05) is 0 Å². The monoisotopic (exact) mass is 478 g/mol. The fraction of sp³-hybridized carbons (Fsp3) is 0.400. The van der Waals surface area contributed by atoms with E-state index in [0.717, 1.165) is 12.8 Å². The fourth-order valence-corrected chi connectivity index (χ4v) is 3.70. The molecular formula is C25H30N6O4. The van der Waals surface area contributed by atoms with Gasteiger partial charge in [0.15, 0.2) is 5.82 Å². The molecular weight excluding hydrogens is 448 g/mol. The zero-order valence-electron chi connectivity index (χ0n) is 20.4. The van der Waals surface area contributed by atoms with Gasteiger partial charge in [0.2, 0.25) is 0 Å². The zero-order chi connectivity index (χ0) is 25.0. The van der Waals surface area contributed by atoms with Crippen molar-refractivity contribution in [2.75, 3.05) is 25.0 Å². The number of pyridine rings is 1. The van der Waals surface area contributed by atoms with Gasteiger partial charge in [-0.25, -0.2) is 19.4 Å². The van der Waals surface area contributed by atoms with E-state index in [2.05, 4.69) is 15.1 Å². The lowest BCUT2D eigenvalue weighted by atomic mass is 10.1. The van der Waals surface area contributed by atoms with Gasteiger partial charge in [-0.2, -0.15) is 5.10 Å². The lowest BCUT2D eigenvalue weighted by Crippen LogP contribution is -2.44. The number of carbonyl (C=O) groups excluding carboxylic acids is 2. The molecule has 2 aromatic heterocycles. The van der Waals surface area contributed by atoms with Crippen molar-refractivity contribution in [3.63, 3.8) is 0 Å². The van der Waals surface area contributed by atoms with Gasteiger partial charge < -0.3 is 19.3 Å². The van der Waals surface area contributed by atoms with Gasteiger partial charge in [0.05, 0.1) is 11.9 Å². The molecule has 0 saturated carbocycles. The van der Waals surface area contributed by atoms with Crippen LogP contribution >= 0.6 is 0 Å². The third-order valence-corrected chi connectivity index (χ3v) is 5.58. The summed E-state index contributed by atoms with van der Waals surface area (Å²) >= 11 is 0. The lowest BCUT2D eigenvalue weighted by molar-refractivity contribution is 0.0126. The summed E-state index contributed by atoms with van der Waals surface area (Å²) in [5.41, 5.74) is 0.700. The number of hydrogen-bond acceptors (Lipinski definition) is 7. The summed E-state index contributed by atoms with van der Waals surface area (Å²) < 4.78 is 13.1. The summed E-state index contributed by atoms with van der Waals surface area (Å²) in [5.74, 6) is 1.15. The number of ether oxygens (including phenoxy) is 2. The molecule has 2 amide bonds. The highest BCUT2D eigenvalue weighted by Gasteiger charge is 2.27. The van der Waals surface area contributed by atoms with Crippen molar-refractivity contribution in [1.29, 1.82) is 0 Å². The molecule has 0 atom stereocenters. The summed E-state index contributed by atoms with van der Waals surface area (Å²) in [5, 5.41) is 4.05. The van der Waals surface area contributed by atoms with E-state index in [-0.39, 0.29) is 18.1 Å². The first-order chi connectivity index (χ1) is 16.7. The van der Waals surface area contributed by atoms with Crippen molar-refractivity contribution in [2.45, 2.75) is 45.3 Å². The van der Waals surface area contributed by atoms with Crippen LogP contribution < -0.4 is 9.64 Å². The van der Waals surface area contributed by atoms with Crippen molar-refractivity contribution >= 4 is 17.7 Å². The number of amides is 2. The summed E-state index contributed by atoms with van der Waals surface area (Å²) in [6.45, 7) is 6.76. The van der Waals surface area contributed by atoms with Crippen molar-refractivity contribution < 1.29 is 19.1 Å². The van der Waals surface area contributed by atoms with Crippen LogP contribution in [-0.4, -0.2) is 68.5 Å². The predicted octanol–water partition coefficient (Wildman–Crippen LogP) is 3.72. The van der Waals surface area contributed by atoms with E-state index in [1.54, 1.807) is 64.4 Å². The SMILES string of the molecule is CN(C(=O)c1ccc(OC2CCN(C(=O)OC(C)(C)C)CC2)cc1)c1ccc(-n2cncn2)nc1. The van der Waals surface area contributed by atoms with Crippen LogP contribution in [0.25, 0.3) is 5.82 Å². The quantitative estimate of drug-likeness (QED) is 0.551. The Bertz CT molecular complexity index is 1130. The summed E-state index contributed by atoms with van der Waals surface area (Å²) in [6, 6.07) is 10.7. The minimum Gasteiger partial charge on any atom is -0.490 e. The van der Waals surface area contributed by atoms with Crippen LogP contribution in [0.15, 0.2) is 55.2 Å². The van der Waals surface area contributed by atoms with E-state index in [1.807, 2.05) is 26.8 Å². The molecule has 0 aliphatic carbocycles. The van der Waals surface area contributed by atoms with Gasteiger partial charge in [0.1, 0.15) is 30.1 Å². The number of nitrogens with zero attached hydrogens (tertiary/aromatic N) is 6. The Morgan fingerprint density at radius 2 is 1.77 bits per heavy atom. The molecule has 0 bridgehead atoms. The topological polar surface area (TPSA) is 103 Å². The molecule has 0 radical (unpaired) electrons. The van der Waals surface area contributed by atoms with E-state index in [0.29, 0.717) is 35.9 Å². The Morgan fingerprint density at radius 3 is 2.34 bits per heavy atom. The Balaban J connectivity index is 1.30. The van der Waals surface area contributed by atoms with Gasteiger partial charge in [-0.3, -0.25) is 4.79 Å². The minimum absolute atomic E-state index is 0.00693. The van der Waals surface area contributed by atoms with E-state index in [9.17, 15) is 9.59 Å². The maximum atomic E-state index is 12.9. The molecule has 4 rings (SSSR count). The number of benzene rings is 1. The van der Waals surface area contributed by atoms with Gasteiger partial charge >= 0.3 is 6.09 Å². The first kappa shape index (κ1) is 24.2. The zero-order valence-corrected chi connectivity index (χ0v) is 20.4. The highest BCUT2D eigenvalue weighted by Crippen LogP contribution is 2.22. The van der Waals surface area contributed by atoms with Crippen molar-refractivity contribution in [1.82, 2.24) is 24.6 Å². The molecule has 1 aliphatic heterocycles. The average molecular weight is 479 g/mol. The molecule has 1 aliphatic rings. The van der Waals surface area contributed by atoms with Gasteiger partial charge in [-0.15, -0.1) is 0 Å². The van der Waals surface area contributed by atoms with Crippen molar-refractivity contribution in [2.24, 2.45) is 0 Å². The second-order valence-corrected chi connectivity index (χ2v) is 9.39. The first-order valence-corrected chi connectivity index (χ1v) is 11.5. The minimum atomic E-state index is -0.504. The summed E-state index contributed by atoms with van der Waals surface area (Å²) in [7, 11) is 1.71. The molecule has 0 unspecified atom stereocenters. The Kier molecular flexibility index (Phi) is 6.99. The third kappa shape index (κ3) is 6.14. The number of piperidine rings is 1. The van der Waals surface area contributed by atoms with Crippen LogP contribution in [-0.2, 0) is 4.74 Å². The molecule has 1 fully saturated rings. The maximum Gasteiger partial charge on any atom is 0.410 e. The Hall–Kier alpha value is -3.95. The molecule has 3 heterocycles. The second-order valence-electron chi connectivity index (χ2n) is 9.39. The molecule has 0 spiro atoms. The molecule has 3 aromatic rings. The first-order valence-electron chi connectivity index (χ1n) is 11.5. The Morgan fingerprint density at radius 1 is 1.06 bits per heavy atom. The standard InChI is InChI=1S/C25H30N6O4/c1-25(2,3)35-24(33)30-13-11-21(12-14-30)34-20-8-5-18(6-9-20)23(32)29(4)19-7-10-22(27-15-19)31-17-26-16-28-31/h5-10,15-17,21H,11-14H2,1-4H3. The molecule has 1 aromatic carbocycles. The molecule has 0 N–H and O–H groups in total. The van der Waals surface area contributed by atoms with Gasteiger partial charge in [0.25, 0.3) is 5.91 Å². The van der Waals surface area contributed by atoms with E-state index in [4.69, 9.17) is 9.47 Å². The average Bonchev–Trinajstić information content (AvgIpc) is 3.38. The normalized spacial score (nSPS) is 14.5. The van der Waals surface area contributed by atoms with Crippen LogP contribution in [0.4, 0.5) is 10.5 Å². The van der Waals surface area contributed by atoms with Crippen LogP contribution in [0.1, 0.15) is 44.0 Å². The van der Waals surface area contributed by atoms with E-state index >= 15 is 0 Å². The fourth-order valence-electron chi connectivity index (χ4n) is 3.70. The predicted molar refractivity (Wildman–Crippen MR) is 130 cm³/mol. The van der Waals surface area contributed by atoms with E-state index in [1.165, 1.54) is 6.33 Å². The molecule has 35 heavy (non-hydrogen) atoms. The number of rotatable bonds is 5. The van der Waals surface area contributed by atoms with Crippen LogP contribution in [0.5, 0.6) is 5.75 Å². The lowest BCUT2D eigenvalue weighted by Gasteiger charge is -2.33.